The highest BCUT2D eigenvalue weighted by atomic mass is 16.5. The minimum Gasteiger partial charge on any atom is -0.504 e. The van der Waals surface area contributed by atoms with Gasteiger partial charge in [-0.1, -0.05) is 6.07 Å². The summed E-state index contributed by atoms with van der Waals surface area (Å²) in [6.07, 6.45) is 4.00. The third-order valence-corrected chi connectivity index (χ3v) is 3.33. The van der Waals surface area contributed by atoms with Gasteiger partial charge >= 0.3 is 0 Å². The number of ketones is 1. The molecule has 1 aliphatic rings. The van der Waals surface area contributed by atoms with Crippen LogP contribution in [0.15, 0.2) is 42.1 Å². The molecule has 4 nitrogen and oxygen atoms in total. The Bertz CT molecular complexity index is 705. The highest BCUT2D eigenvalue weighted by Gasteiger charge is 2.26. The van der Waals surface area contributed by atoms with Crippen LogP contribution in [0.4, 0.5) is 0 Å². The van der Waals surface area contributed by atoms with Gasteiger partial charge in [-0.3, -0.25) is 9.78 Å². The van der Waals surface area contributed by atoms with E-state index in [0.29, 0.717) is 23.3 Å². The van der Waals surface area contributed by atoms with Gasteiger partial charge in [0, 0.05) is 23.8 Å². The standard InChI is InChI=1S/C16H13NO3/c1-20-15-8-10-6-11(7-12-4-2-3-5-17-12)16(19)13(10)9-14(15)18/h2-5,7-9,18H,6H2,1H3/b11-7-. The number of ether oxygens (including phenoxy) is 1. The highest BCUT2D eigenvalue weighted by Crippen LogP contribution is 2.36. The Morgan fingerprint density at radius 1 is 1.35 bits per heavy atom. The van der Waals surface area contributed by atoms with E-state index in [1.54, 1.807) is 18.3 Å². The van der Waals surface area contributed by atoms with E-state index >= 15 is 0 Å². The van der Waals surface area contributed by atoms with Crippen LogP contribution in [0.2, 0.25) is 0 Å². The number of carbonyl (C=O) groups is 1. The summed E-state index contributed by atoms with van der Waals surface area (Å²) in [5.74, 6) is 0.304. The van der Waals surface area contributed by atoms with Crippen LogP contribution in [0, 0.1) is 0 Å². The van der Waals surface area contributed by atoms with Crippen molar-refractivity contribution in [3.63, 3.8) is 0 Å². The van der Waals surface area contributed by atoms with Gasteiger partial charge in [0.1, 0.15) is 0 Å². The van der Waals surface area contributed by atoms with Crippen molar-refractivity contribution in [3.8, 4) is 11.5 Å². The molecule has 20 heavy (non-hydrogen) atoms. The molecule has 0 spiro atoms. The van der Waals surface area contributed by atoms with Crippen molar-refractivity contribution in [1.29, 1.82) is 0 Å². The number of phenolic OH excluding ortho intramolecular Hbond substituents is 1. The molecule has 0 unspecified atom stereocenters. The van der Waals surface area contributed by atoms with Crippen molar-refractivity contribution >= 4 is 11.9 Å². The van der Waals surface area contributed by atoms with Gasteiger partial charge in [-0.15, -0.1) is 0 Å². The average molecular weight is 267 g/mol. The van der Waals surface area contributed by atoms with Crippen molar-refractivity contribution in [3.05, 3.63) is 58.9 Å². The number of pyridine rings is 1. The zero-order valence-electron chi connectivity index (χ0n) is 11.0. The van der Waals surface area contributed by atoms with Crippen molar-refractivity contribution in [2.75, 3.05) is 7.11 Å². The number of aromatic hydroxyl groups is 1. The largest absolute Gasteiger partial charge is 0.504 e. The fraction of sp³-hybridized carbons (Fsp3) is 0.125. The lowest BCUT2D eigenvalue weighted by Crippen LogP contribution is -1.96. The van der Waals surface area contributed by atoms with Crippen LogP contribution in [0.25, 0.3) is 6.08 Å². The number of Topliss-reactive ketones (excluding diaryl/α,β-unsaturated/α-hetero) is 1. The fourth-order valence-corrected chi connectivity index (χ4v) is 2.35. The van der Waals surface area contributed by atoms with Crippen LogP contribution in [0.1, 0.15) is 21.6 Å². The number of hydrogen-bond acceptors (Lipinski definition) is 4. The van der Waals surface area contributed by atoms with Crippen molar-refractivity contribution in [1.82, 2.24) is 4.98 Å². The molecule has 0 aliphatic heterocycles. The molecule has 0 bridgehead atoms. The van der Waals surface area contributed by atoms with Crippen LogP contribution in [0.5, 0.6) is 11.5 Å². The number of hydrogen-bond donors (Lipinski definition) is 1. The van der Waals surface area contributed by atoms with Gasteiger partial charge in [-0.05, 0) is 35.9 Å². The lowest BCUT2D eigenvalue weighted by atomic mass is 10.1. The molecule has 0 atom stereocenters. The summed E-state index contributed by atoms with van der Waals surface area (Å²) in [4.78, 5) is 16.5. The Morgan fingerprint density at radius 3 is 2.90 bits per heavy atom. The average Bonchev–Trinajstić information content (AvgIpc) is 2.76. The molecule has 2 aromatic rings. The smallest absolute Gasteiger partial charge is 0.189 e. The predicted octanol–water partition coefficient (Wildman–Crippen LogP) is 2.62. The number of aromatic nitrogens is 1. The van der Waals surface area contributed by atoms with Crippen molar-refractivity contribution < 1.29 is 14.6 Å². The minimum atomic E-state index is -0.0661. The second-order valence-electron chi connectivity index (χ2n) is 4.61. The van der Waals surface area contributed by atoms with Gasteiger partial charge in [0.25, 0.3) is 0 Å². The summed E-state index contributed by atoms with van der Waals surface area (Å²) in [7, 11) is 1.49. The number of methoxy groups -OCH3 is 1. The van der Waals surface area contributed by atoms with Gasteiger partial charge in [-0.2, -0.15) is 0 Å². The van der Waals surface area contributed by atoms with Crippen molar-refractivity contribution in [2.45, 2.75) is 6.42 Å². The number of benzene rings is 1. The molecule has 0 amide bonds. The molecule has 1 aromatic carbocycles. The van der Waals surface area contributed by atoms with E-state index < -0.39 is 0 Å². The molecule has 3 rings (SSSR count). The van der Waals surface area contributed by atoms with E-state index in [1.165, 1.54) is 13.2 Å². The van der Waals surface area contributed by atoms with E-state index in [0.717, 1.165) is 11.3 Å². The maximum atomic E-state index is 12.3. The third kappa shape index (κ3) is 2.05. The summed E-state index contributed by atoms with van der Waals surface area (Å²) in [6.45, 7) is 0. The van der Waals surface area contributed by atoms with Crippen LogP contribution < -0.4 is 4.74 Å². The zero-order chi connectivity index (χ0) is 14.1. The van der Waals surface area contributed by atoms with Gasteiger partial charge in [0.15, 0.2) is 17.3 Å². The van der Waals surface area contributed by atoms with Crippen molar-refractivity contribution in [2.24, 2.45) is 0 Å². The number of nitrogens with zero attached hydrogens (tertiary/aromatic N) is 1. The zero-order valence-corrected chi connectivity index (χ0v) is 11.0. The van der Waals surface area contributed by atoms with Crippen LogP contribution in [0.3, 0.4) is 0 Å². The summed E-state index contributed by atoms with van der Waals surface area (Å²) >= 11 is 0. The second-order valence-corrected chi connectivity index (χ2v) is 4.61. The van der Waals surface area contributed by atoms with E-state index in [9.17, 15) is 9.90 Å². The Labute approximate surface area is 116 Å². The predicted molar refractivity (Wildman–Crippen MR) is 74.9 cm³/mol. The summed E-state index contributed by atoms with van der Waals surface area (Å²) in [5, 5.41) is 9.76. The highest BCUT2D eigenvalue weighted by molar-refractivity contribution is 6.15. The summed E-state index contributed by atoms with van der Waals surface area (Å²) in [6, 6.07) is 8.73. The SMILES string of the molecule is COc1cc2c(cc1O)C(=O)/C(=C\c1ccccn1)C2. The summed E-state index contributed by atoms with van der Waals surface area (Å²) in [5.41, 5.74) is 2.82. The van der Waals surface area contributed by atoms with Crippen LogP contribution in [-0.2, 0) is 6.42 Å². The molecule has 100 valence electrons. The number of rotatable bonds is 2. The second kappa shape index (κ2) is 4.81. The molecule has 1 aliphatic carbocycles. The first kappa shape index (κ1) is 12.4. The molecule has 0 saturated carbocycles. The molecule has 0 saturated heterocycles. The van der Waals surface area contributed by atoms with Gasteiger partial charge in [0.05, 0.1) is 12.8 Å². The minimum absolute atomic E-state index is 0.0151. The topological polar surface area (TPSA) is 59.4 Å². The number of allylic oxidation sites excluding steroid dienone is 1. The number of phenols is 1. The fourth-order valence-electron chi connectivity index (χ4n) is 2.35. The van der Waals surface area contributed by atoms with Gasteiger partial charge in [-0.25, -0.2) is 0 Å². The first-order valence-electron chi connectivity index (χ1n) is 6.25. The van der Waals surface area contributed by atoms with E-state index in [4.69, 9.17) is 4.74 Å². The van der Waals surface area contributed by atoms with E-state index in [2.05, 4.69) is 4.98 Å². The first-order valence-corrected chi connectivity index (χ1v) is 6.25. The molecular formula is C16H13NO3. The molecule has 1 aromatic heterocycles. The number of fused-ring (bicyclic) bond motifs is 1. The first-order chi connectivity index (χ1) is 9.69. The number of carbonyl (C=O) groups excluding carboxylic acids is 1. The molecule has 1 heterocycles. The maximum absolute atomic E-state index is 12.3. The molecule has 4 heteroatoms. The Morgan fingerprint density at radius 2 is 2.20 bits per heavy atom. The maximum Gasteiger partial charge on any atom is 0.189 e. The Kier molecular flexibility index (Phi) is 2.99. The lowest BCUT2D eigenvalue weighted by molar-refractivity contribution is 0.104. The normalized spacial score (nSPS) is 15.4. The molecule has 1 N–H and O–H groups in total. The van der Waals surface area contributed by atoms with Gasteiger partial charge in [0.2, 0.25) is 0 Å². The monoisotopic (exact) mass is 267 g/mol. The Hall–Kier alpha value is -2.62. The Balaban J connectivity index is 2.01. The van der Waals surface area contributed by atoms with E-state index in [-0.39, 0.29) is 11.5 Å². The van der Waals surface area contributed by atoms with Gasteiger partial charge < -0.3 is 9.84 Å². The quantitative estimate of drug-likeness (QED) is 0.850. The van der Waals surface area contributed by atoms with Crippen LogP contribution >= 0.6 is 0 Å². The van der Waals surface area contributed by atoms with Crippen LogP contribution in [-0.4, -0.2) is 23.0 Å². The molecule has 0 radical (unpaired) electrons. The lowest BCUT2D eigenvalue weighted by Gasteiger charge is -2.05. The summed E-state index contributed by atoms with van der Waals surface area (Å²) < 4.78 is 5.07. The molecular weight excluding hydrogens is 254 g/mol. The third-order valence-electron chi connectivity index (χ3n) is 3.33. The molecule has 0 fully saturated rings. The van der Waals surface area contributed by atoms with E-state index in [1.807, 2.05) is 18.2 Å².